The maximum Gasteiger partial charge on any atom is 0.270 e. The number of likely N-dealkylation sites (N-methyl/N-ethyl adjacent to an activating group) is 1. The fraction of sp³-hybridized carbons (Fsp3) is 0.417. The molecule has 0 heterocycles. The largest absolute Gasteiger partial charge is 0.355 e. The van der Waals surface area contributed by atoms with Crippen LogP contribution in [0.1, 0.15) is 12.5 Å². The average Bonchev–Trinajstić information content (AvgIpc) is 2.37. The number of halogens is 1. The predicted molar refractivity (Wildman–Crippen MR) is 73.4 cm³/mol. The zero-order chi connectivity index (χ0) is 14.3. The van der Waals surface area contributed by atoms with Gasteiger partial charge in [-0.05, 0) is 12.1 Å². The van der Waals surface area contributed by atoms with Gasteiger partial charge in [-0.1, -0.05) is 24.6 Å². The van der Waals surface area contributed by atoms with Gasteiger partial charge in [-0.3, -0.25) is 14.9 Å². The summed E-state index contributed by atoms with van der Waals surface area (Å²) >= 11 is 5.90. The molecule has 0 atom stereocenters. The van der Waals surface area contributed by atoms with Crippen molar-refractivity contribution in [1.82, 2.24) is 10.6 Å². The molecule has 0 radical (unpaired) electrons. The Morgan fingerprint density at radius 3 is 2.74 bits per heavy atom. The van der Waals surface area contributed by atoms with Crippen LogP contribution in [0.4, 0.5) is 5.69 Å². The van der Waals surface area contributed by atoms with Crippen LogP contribution in [0.3, 0.4) is 0 Å². The molecule has 0 bridgehead atoms. The van der Waals surface area contributed by atoms with E-state index in [1.165, 1.54) is 18.2 Å². The van der Waals surface area contributed by atoms with Crippen molar-refractivity contribution < 1.29 is 9.72 Å². The molecule has 19 heavy (non-hydrogen) atoms. The highest BCUT2D eigenvalue weighted by atomic mass is 35.5. The second kappa shape index (κ2) is 7.70. The Balaban J connectivity index is 2.52. The molecule has 0 spiro atoms. The van der Waals surface area contributed by atoms with Crippen LogP contribution in [0.15, 0.2) is 18.2 Å². The quantitative estimate of drug-likeness (QED) is 0.452. The number of non-ortho nitro benzene ring substituents is 1. The van der Waals surface area contributed by atoms with Crippen molar-refractivity contribution >= 4 is 23.2 Å². The van der Waals surface area contributed by atoms with Gasteiger partial charge < -0.3 is 10.6 Å². The minimum atomic E-state index is -0.522. The standard InChI is InChI=1S/C12H16ClN3O3/c1-2-14-5-6-15-12(17)7-9-3-4-10(16(18)19)8-11(9)13/h3-4,8,14H,2,5-7H2,1H3,(H,15,17). The second-order valence-electron chi connectivity index (χ2n) is 3.91. The molecule has 0 saturated carbocycles. The fourth-order valence-corrected chi connectivity index (χ4v) is 1.74. The molecule has 0 aliphatic rings. The Kier molecular flexibility index (Phi) is 6.24. The molecular formula is C12H16ClN3O3. The molecule has 0 aromatic heterocycles. The van der Waals surface area contributed by atoms with Gasteiger partial charge in [0.15, 0.2) is 0 Å². The molecule has 1 aromatic carbocycles. The van der Waals surface area contributed by atoms with Crippen molar-refractivity contribution in [2.75, 3.05) is 19.6 Å². The predicted octanol–water partition coefficient (Wildman–Crippen LogP) is 1.52. The molecule has 104 valence electrons. The summed E-state index contributed by atoms with van der Waals surface area (Å²) in [5.74, 6) is -0.159. The first-order valence-electron chi connectivity index (χ1n) is 5.94. The van der Waals surface area contributed by atoms with E-state index in [1.54, 1.807) is 0 Å². The lowest BCUT2D eigenvalue weighted by atomic mass is 10.1. The smallest absolute Gasteiger partial charge is 0.270 e. The minimum Gasteiger partial charge on any atom is -0.355 e. The van der Waals surface area contributed by atoms with Crippen LogP contribution < -0.4 is 10.6 Å². The third-order valence-electron chi connectivity index (χ3n) is 2.47. The van der Waals surface area contributed by atoms with E-state index in [-0.39, 0.29) is 23.0 Å². The highest BCUT2D eigenvalue weighted by Crippen LogP contribution is 2.22. The Morgan fingerprint density at radius 2 is 2.16 bits per heavy atom. The number of nitro groups is 1. The number of hydrogen-bond donors (Lipinski definition) is 2. The monoisotopic (exact) mass is 285 g/mol. The number of carbonyl (C=O) groups is 1. The summed E-state index contributed by atoms with van der Waals surface area (Å²) in [7, 11) is 0. The van der Waals surface area contributed by atoms with Gasteiger partial charge in [0.2, 0.25) is 5.91 Å². The van der Waals surface area contributed by atoms with E-state index in [9.17, 15) is 14.9 Å². The Bertz CT molecular complexity index is 466. The van der Waals surface area contributed by atoms with Gasteiger partial charge in [-0.25, -0.2) is 0 Å². The van der Waals surface area contributed by atoms with Gasteiger partial charge in [-0.15, -0.1) is 0 Å². The highest BCUT2D eigenvalue weighted by molar-refractivity contribution is 6.31. The summed E-state index contributed by atoms with van der Waals surface area (Å²) in [5.41, 5.74) is 0.495. The van der Waals surface area contributed by atoms with E-state index < -0.39 is 4.92 Å². The van der Waals surface area contributed by atoms with Gasteiger partial charge in [0.05, 0.1) is 16.4 Å². The number of nitrogens with one attached hydrogen (secondary N) is 2. The topological polar surface area (TPSA) is 84.3 Å². The lowest BCUT2D eigenvalue weighted by Crippen LogP contribution is -2.32. The molecule has 0 unspecified atom stereocenters. The molecule has 1 amide bonds. The van der Waals surface area contributed by atoms with E-state index >= 15 is 0 Å². The number of nitro benzene ring substituents is 1. The molecule has 7 heteroatoms. The number of hydrogen-bond acceptors (Lipinski definition) is 4. The molecule has 6 nitrogen and oxygen atoms in total. The van der Waals surface area contributed by atoms with Crippen molar-refractivity contribution in [1.29, 1.82) is 0 Å². The Labute approximate surface area is 116 Å². The van der Waals surface area contributed by atoms with Crippen molar-refractivity contribution in [2.24, 2.45) is 0 Å². The number of rotatable bonds is 7. The first kappa shape index (κ1) is 15.4. The highest BCUT2D eigenvalue weighted by Gasteiger charge is 2.11. The molecule has 0 aliphatic heterocycles. The SMILES string of the molecule is CCNCCNC(=O)Cc1ccc([N+](=O)[O-])cc1Cl. The normalized spacial score (nSPS) is 10.2. The van der Waals surface area contributed by atoms with Crippen molar-refractivity contribution in [3.63, 3.8) is 0 Å². The van der Waals surface area contributed by atoms with E-state index in [2.05, 4.69) is 10.6 Å². The van der Waals surface area contributed by atoms with Gasteiger partial charge >= 0.3 is 0 Å². The van der Waals surface area contributed by atoms with E-state index in [1.807, 2.05) is 6.92 Å². The number of carbonyl (C=O) groups excluding carboxylic acids is 1. The first-order valence-corrected chi connectivity index (χ1v) is 6.32. The zero-order valence-electron chi connectivity index (χ0n) is 10.6. The molecule has 0 aliphatic carbocycles. The summed E-state index contributed by atoms with van der Waals surface area (Å²) in [5, 5.41) is 16.6. The maximum absolute atomic E-state index is 11.6. The lowest BCUT2D eigenvalue weighted by molar-refractivity contribution is -0.384. The zero-order valence-corrected chi connectivity index (χ0v) is 11.4. The van der Waals surface area contributed by atoms with Gasteiger partial charge in [0, 0.05) is 25.2 Å². The van der Waals surface area contributed by atoms with E-state index in [0.29, 0.717) is 18.7 Å². The van der Waals surface area contributed by atoms with Crippen LogP contribution in [0.2, 0.25) is 5.02 Å². The van der Waals surface area contributed by atoms with Crippen LogP contribution in [-0.4, -0.2) is 30.5 Å². The van der Waals surface area contributed by atoms with Gasteiger partial charge in [0.25, 0.3) is 5.69 Å². The number of benzene rings is 1. The maximum atomic E-state index is 11.6. The minimum absolute atomic E-state index is 0.0821. The molecule has 1 rings (SSSR count). The average molecular weight is 286 g/mol. The van der Waals surface area contributed by atoms with Crippen molar-refractivity contribution in [3.05, 3.63) is 38.9 Å². The van der Waals surface area contributed by atoms with Crippen molar-refractivity contribution in [3.8, 4) is 0 Å². The fourth-order valence-electron chi connectivity index (χ4n) is 1.50. The summed E-state index contributed by atoms with van der Waals surface area (Å²) in [6, 6.07) is 4.10. The molecule has 0 saturated heterocycles. The second-order valence-corrected chi connectivity index (χ2v) is 4.32. The molecular weight excluding hydrogens is 270 g/mol. The van der Waals surface area contributed by atoms with E-state index in [0.717, 1.165) is 6.54 Å². The molecule has 1 aromatic rings. The first-order chi connectivity index (χ1) is 9.04. The summed E-state index contributed by atoms with van der Waals surface area (Å²) < 4.78 is 0. The lowest BCUT2D eigenvalue weighted by Gasteiger charge is -2.06. The Morgan fingerprint density at radius 1 is 1.42 bits per heavy atom. The Hall–Kier alpha value is -1.66. The number of nitrogens with zero attached hydrogens (tertiary/aromatic N) is 1. The third-order valence-corrected chi connectivity index (χ3v) is 2.82. The third kappa shape index (κ3) is 5.23. The van der Waals surface area contributed by atoms with Gasteiger partial charge in [0.1, 0.15) is 0 Å². The summed E-state index contributed by atoms with van der Waals surface area (Å²) in [6.45, 7) is 4.08. The van der Waals surface area contributed by atoms with Crippen molar-refractivity contribution in [2.45, 2.75) is 13.3 Å². The molecule has 2 N–H and O–H groups in total. The number of amides is 1. The van der Waals surface area contributed by atoms with Crippen LogP contribution >= 0.6 is 11.6 Å². The van der Waals surface area contributed by atoms with Crippen LogP contribution in [0.5, 0.6) is 0 Å². The van der Waals surface area contributed by atoms with Crippen LogP contribution in [0, 0.1) is 10.1 Å². The summed E-state index contributed by atoms with van der Waals surface area (Å²) in [6.07, 6.45) is 0.114. The van der Waals surface area contributed by atoms with E-state index in [4.69, 9.17) is 11.6 Å². The summed E-state index contributed by atoms with van der Waals surface area (Å²) in [4.78, 5) is 21.6. The van der Waals surface area contributed by atoms with Gasteiger partial charge in [-0.2, -0.15) is 0 Å². The van der Waals surface area contributed by atoms with Crippen LogP contribution in [-0.2, 0) is 11.2 Å². The molecule has 0 fully saturated rings. The van der Waals surface area contributed by atoms with Crippen LogP contribution in [0.25, 0.3) is 0 Å².